The predicted molar refractivity (Wildman–Crippen MR) is 122 cm³/mol. The first kappa shape index (κ1) is 24.9. The van der Waals surface area contributed by atoms with Crippen LogP contribution in [0.2, 0.25) is 10.0 Å². The van der Waals surface area contributed by atoms with Gasteiger partial charge in [0.1, 0.15) is 5.69 Å². The zero-order valence-electron chi connectivity index (χ0n) is 18.1. The van der Waals surface area contributed by atoms with Crippen LogP contribution in [-0.4, -0.2) is 20.7 Å². The molecule has 0 unspecified atom stereocenters. The predicted octanol–water partition coefficient (Wildman–Crippen LogP) is 6.95. The third-order valence-electron chi connectivity index (χ3n) is 5.30. The highest BCUT2D eigenvalue weighted by atomic mass is 35.5. The molecule has 0 saturated heterocycles. The van der Waals surface area contributed by atoms with Gasteiger partial charge in [0.2, 0.25) is 0 Å². The lowest BCUT2D eigenvalue weighted by Gasteiger charge is -2.13. The van der Waals surface area contributed by atoms with Crippen molar-refractivity contribution in [1.29, 1.82) is 0 Å². The maximum atomic E-state index is 13.6. The highest BCUT2D eigenvalue weighted by Crippen LogP contribution is 2.35. The van der Waals surface area contributed by atoms with Crippen LogP contribution >= 0.6 is 23.2 Å². The second kappa shape index (κ2) is 9.09. The Morgan fingerprint density at radius 1 is 1.06 bits per heavy atom. The monoisotopic (exact) mass is 528 g/mol. The van der Waals surface area contributed by atoms with Crippen molar-refractivity contribution in [3.63, 3.8) is 0 Å². The number of carbonyl (C=O) groups is 1. The molecule has 0 aliphatic carbocycles. The zero-order chi connectivity index (χ0) is 25.7. The van der Waals surface area contributed by atoms with E-state index in [1.165, 1.54) is 22.9 Å². The Hall–Kier alpha value is -3.24. The van der Waals surface area contributed by atoms with Crippen LogP contribution in [0, 0.1) is 25.5 Å². The highest BCUT2D eigenvalue weighted by molar-refractivity contribution is 6.39. The van der Waals surface area contributed by atoms with Crippen molar-refractivity contribution in [2.75, 3.05) is 5.32 Å². The van der Waals surface area contributed by atoms with Gasteiger partial charge in [-0.2, -0.15) is 18.3 Å². The molecule has 0 atom stereocenters. The minimum atomic E-state index is -4.83. The molecule has 182 valence electrons. The topological polar surface area (TPSA) is 59.8 Å². The molecule has 4 rings (SSSR count). The largest absolute Gasteiger partial charge is 0.433 e. The summed E-state index contributed by atoms with van der Waals surface area (Å²) in [6.45, 7) is 3.28. The Bertz CT molecular complexity index is 1480. The van der Waals surface area contributed by atoms with E-state index in [9.17, 15) is 26.7 Å². The number of nitrogens with one attached hydrogen (secondary N) is 1. The Labute approximate surface area is 205 Å². The lowest BCUT2D eigenvalue weighted by atomic mass is 10.1. The molecule has 0 radical (unpaired) electrons. The van der Waals surface area contributed by atoms with Crippen LogP contribution in [0.5, 0.6) is 0 Å². The number of hydrogen-bond donors (Lipinski definition) is 1. The molecule has 4 aromatic rings. The Balaban J connectivity index is 1.73. The molecular weight excluding hydrogens is 514 g/mol. The Morgan fingerprint density at radius 3 is 2.43 bits per heavy atom. The maximum Gasteiger partial charge on any atom is 0.433 e. The van der Waals surface area contributed by atoms with E-state index in [2.05, 4.69) is 15.4 Å². The third-order valence-corrected chi connectivity index (χ3v) is 5.81. The van der Waals surface area contributed by atoms with Crippen LogP contribution < -0.4 is 5.32 Å². The fraction of sp³-hybridized carbons (Fsp3) is 0.174. The highest BCUT2D eigenvalue weighted by Gasteiger charge is 2.34. The molecule has 2 aromatic heterocycles. The number of hydrogen-bond acceptors (Lipinski definition) is 3. The van der Waals surface area contributed by atoms with E-state index in [1.54, 1.807) is 13.8 Å². The first-order valence-electron chi connectivity index (χ1n) is 10.0. The van der Waals surface area contributed by atoms with Crippen molar-refractivity contribution >= 4 is 45.7 Å². The molecule has 0 bridgehead atoms. The Kier molecular flexibility index (Phi) is 6.46. The fourth-order valence-corrected chi connectivity index (χ4v) is 4.14. The Morgan fingerprint density at radius 2 is 1.77 bits per heavy atom. The summed E-state index contributed by atoms with van der Waals surface area (Å²) in [7, 11) is 0. The summed E-state index contributed by atoms with van der Waals surface area (Å²) in [5.41, 5.74) is -0.356. The van der Waals surface area contributed by atoms with Gasteiger partial charge in [0, 0.05) is 10.4 Å². The lowest BCUT2D eigenvalue weighted by Crippen LogP contribution is -2.17. The molecule has 0 aliphatic heterocycles. The van der Waals surface area contributed by atoms with Gasteiger partial charge in [0.15, 0.2) is 11.6 Å². The molecule has 1 amide bonds. The third kappa shape index (κ3) is 4.94. The van der Waals surface area contributed by atoms with Gasteiger partial charge >= 0.3 is 6.18 Å². The minimum absolute atomic E-state index is 0.0393. The fourth-order valence-electron chi connectivity index (χ4n) is 3.61. The maximum absolute atomic E-state index is 13.6. The minimum Gasteiger partial charge on any atom is -0.319 e. The van der Waals surface area contributed by atoms with Gasteiger partial charge in [-0.1, -0.05) is 29.3 Å². The van der Waals surface area contributed by atoms with Crippen LogP contribution in [0.4, 0.5) is 27.6 Å². The van der Waals surface area contributed by atoms with Crippen LogP contribution in [0.1, 0.15) is 33.0 Å². The first-order valence-corrected chi connectivity index (χ1v) is 10.8. The number of alkyl halides is 3. The molecule has 35 heavy (non-hydrogen) atoms. The quantitative estimate of drug-likeness (QED) is 0.291. The van der Waals surface area contributed by atoms with Gasteiger partial charge in [-0.05, 0) is 49.7 Å². The second-order valence-corrected chi connectivity index (χ2v) is 8.59. The van der Waals surface area contributed by atoms with E-state index >= 15 is 0 Å². The van der Waals surface area contributed by atoms with Gasteiger partial charge in [-0.15, -0.1) is 0 Å². The number of carbonyl (C=O) groups excluding carboxylic acids is 1. The summed E-state index contributed by atoms with van der Waals surface area (Å²) in [4.78, 5) is 16.7. The number of rotatable bonds is 4. The van der Waals surface area contributed by atoms with Crippen molar-refractivity contribution in [3.8, 4) is 0 Å². The van der Waals surface area contributed by atoms with Crippen LogP contribution in [-0.2, 0) is 12.7 Å². The zero-order valence-corrected chi connectivity index (χ0v) is 19.6. The number of benzene rings is 2. The van der Waals surface area contributed by atoms with E-state index in [-0.39, 0.29) is 38.7 Å². The van der Waals surface area contributed by atoms with E-state index in [0.29, 0.717) is 23.0 Å². The summed E-state index contributed by atoms with van der Waals surface area (Å²) in [6, 6.07) is 6.57. The summed E-state index contributed by atoms with van der Waals surface area (Å²) in [5.74, 6) is -2.86. The summed E-state index contributed by atoms with van der Waals surface area (Å²) in [6.07, 6.45) is -4.83. The molecule has 1 N–H and O–H groups in total. The van der Waals surface area contributed by atoms with Gasteiger partial charge in [-0.25, -0.2) is 13.8 Å². The second-order valence-electron chi connectivity index (χ2n) is 7.74. The summed E-state index contributed by atoms with van der Waals surface area (Å²) >= 11 is 12.1. The average Bonchev–Trinajstić information content (AvgIpc) is 3.02. The van der Waals surface area contributed by atoms with Crippen LogP contribution in [0.25, 0.3) is 10.9 Å². The molecular formula is C23H15Cl2F5N4O. The van der Waals surface area contributed by atoms with Crippen molar-refractivity contribution in [1.82, 2.24) is 14.8 Å². The first-order chi connectivity index (χ1) is 16.3. The van der Waals surface area contributed by atoms with Gasteiger partial charge in [0.05, 0.1) is 39.7 Å². The van der Waals surface area contributed by atoms with Crippen molar-refractivity contribution in [3.05, 3.63) is 86.3 Å². The lowest BCUT2D eigenvalue weighted by molar-refractivity contribution is -0.140. The number of anilines is 1. The summed E-state index contributed by atoms with van der Waals surface area (Å²) < 4.78 is 68.6. The standard InChI is InChI=1S/C23H15Cl2F5N4O/c1-10-20(11(2)34(33-10)9-12-3-4-17(26)18(27)5-12)32-22(35)15-8-19(23(28,29)30)31-21-14(15)6-13(24)7-16(21)25/h3-8H,9H2,1-2H3,(H,32,35). The smallest absolute Gasteiger partial charge is 0.319 e. The number of halogens is 7. The van der Waals surface area contributed by atoms with Gasteiger partial charge in [-0.3, -0.25) is 9.48 Å². The number of pyridine rings is 1. The number of fused-ring (bicyclic) bond motifs is 1. The van der Waals surface area contributed by atoms with Crippen molar-refractivity contribution in [2.45, 2.75) is 26.6 Å². The SMILES string of the molecule is Cc1nn(Cc2ccc(F)c(F)c2)c(C)c1NC(=O)c1cc(C(F)(F)F)nc2c(Cl)cc(Cl)cc12. The van der Waals surface area contributed by atoms with Gasteiger partial charge in [0.25, 0.3) is 5.91 Å². The molecule has 0 saturated carbocycles. The van der Waals surface area contributed by atoms with Crippen molar-refractivity contribution < 1.29 is 26.7 Å². The van der Waals surface area contributed by atoms with Crippen molar-refractivity contribution in [2.24, 2.45) is 0 Å². The van der Waals surface area contributed by atoms with E-state index in [0.717, 1.165) is 12.1 Å². The molecule has 2 aromatic carbocycles. The van der Waals surface area contributed by atoms with E-state index < -0.39 is 29.4 Å². The molecule has 0 spiro atoms. The summed E-state index contributed by atoms with van der Waals surface area (Å²) in [5, 5.41) is 6.91. The van der Waals surface area contributed by atoms with Crippen LogP contribution in [0.15, 0.2) is 36.4 Å². The number of nitrogens with zero attached hydrogens (tertiary/aromatic N) is 3. The average molecular weight is 529 g/mol. The van der Waals surface area contributed by atoms with Gasteiger partial charge < -0.3 is 5.32 Å². The number of aromatic nitrogens is 3. The molecule has 2 heterocycles. The van der Waals surface area contributed by atoms with Crippen LogP contribution in [0.3, 0.4) is 0 Å². The molecule has 0 aliphatic rings. The van der Waals surface area contributed by atoms with E-state index in [4.69, 9.17) is 23.2 Å². The normalized spacial score (nSPS) is 11.8. The number of amides is 1. The number of aryl methyl sites for hydroxylation is 1. The molecule has 0 fully saturated rings. The molecule has 12 heteroatoms. The van der Waals surface area contributed by atoms with E-state index in [1.807, 2.05) is 0 Å². The molecule has 5 nitrogen and oxygen atoms in total.